The molecule has 0 aliphatic heterocycles. The third kappa shape index (κ3) is 2.72. The number of aromatic amines is 1. The van der Waals surface area contributed by atoms with Crippen LogP contribution in [-0.4, -0.2) is 31.8 Å². The lowest BCUT2D eigenvalue weighted by Crippen LogP contribution is -2.19. The summed E-state index contributed by atoms with van der Waals surface area (Å²) in [5, 5.41) is 17.0. The highest BCUT2D eigenvalue weighted by Gasteiger charge is 2.11. The first-order chi connectivity index (χ1) is 10.7. The molecular weight excluding hydrogens is 308 g/mol. The van der Waals surface area contributed by atoms with E-state index in [9.17, 15) is 4.79 Å². The van der Waals surface area contributed by atoms with E-state index in [4.69, 9.17) is 14.5 Å². The molecule has 0 aliphatic rings. The molecule has 3 aromatic rings. The van der Waals surface area contributed by atoms with Crippen LogP contribution in [0, 0.1) is 11.3 Å². The lowest BCUT2D eigenvalue weighted by Gasteiger charge is -1.99. The number of ether oxygens (including phenoxy) is 1. The van der Waals surface area contributed by atoms with E-state index in [1.165, 1.54) is 18.0 Å². The second-order valence-corrected chi connectivity index (χ2v) is 5.22. The smallest absolute Gasteiger partial charge is 0.350 e. The first kappa shape index (κ1) is 14.3. The molecule has 0 bridgehead atoms. The Labute approximate surface area is 127 Å². The molecule has 3 heterocycles. The number of nitrogens with one attached hydrogen (secondary N) is 1. The standard InChI is InChI=1S/C12H10N6O3S/c1-20-5-8-2-9(21-17-8)6-22-11-15-10-7(3-13)4-14-18(10)12(19)16-11/h2,4H,5-6H2,1H3,(H,15,16,19). The fourth-order valence-electron chi connectivity index (χ4n) is 1.79. The highest BCUT2D eigenvalue weighted by molar-refractivity contribution is 7.98. The summed E-state index contributed by atoms with van der Waals surface area (Å²) < 4.78 is 11.2. The number of hydrogen-bond donors (Lipinski definition) is 1. The van der Waals surface area contributed by atoms with E-state index in [-0.39, 0.29) is 11.2 Å². The molecule has 0 saturated carbocycles. The molecule has 10 heteroatoms. The zero-order chi connectivity index (χ0) is 15.5. The number of nitrogens with zero attached hydrogens (tertiary/aromatic N) is 5. The van der Waals surface area contributed by atoms with Crippen LogP contribution in [-0.2, 0) is 17.1 Å². The fourth-order valence-corrected chi connectivity index (χ4v) is 2.52. The number of aromatic nitrogens is 5. The number of H-pyrrole nitrogens is 1. The Bertz CT molecular complexity index is 906. The van der Waals surface area contributed by atoms with Crippen molar-refractivity contribution in [3.63, 3.8) is 0 Å². The zero-order valence-electron chi connectivity index (χ0n) is 11.4. The van der Waals surface area contributed by atoms with E-state index in [2.05, 4.69) is 20.2 Å². The largest absolute Gasteiger partial charge is 0.378 e. The van der Waals surface area contributed by atoms with Gasteiger partial charge in [0.05, 0.1) is 18.6 Å². The van der Waals surface area contributed by atoms with Gasteiger partial charge in [-0.2, -0.15) is 14.9 Å². The van der Waals surface area contributed by atoms with Crippen LogP contribution in [0.1, 0.15) is 17.0 Å². The summed E-state index contributed by atoms with van der Waals surface area (Å²) in [6.45, 7) is 0.372. The van der Waals surface area contributed by atoms with E-state index in [0.29, 0.717) is 29.0 Å². The molecular formula is C12H10N6O3S. The third-order valence-electron chi connectivity index (χ3n) is 2.73. The Morgan fingerprint density at radius 2 is 2.45 bits per heavy atom. The quantitative estimate of drug-likeness (QED) is 0.683. The highest BCUT2D eigenvalue weighted by atomic mass is 32.2. The molecule has 9 nitrogen and oxygen atoms in total. The lowest BCUT2D eigenvalue weighted by atomic mass is 10.4. The van der Waals surface area contributed by atoms with Crippen LogP contribution in [0.5, 0.6) is 0 Å². The van der Waals surface area contributed by atoms with E-state index < -0.39 is 5.69 Å². The number of hydrogen-bond acceptors (Lipinski definition) is 8. The summed E-state index contributed by atoms with van der Waals surface area (Å²) >= 11 is 1.26. The molecule has 0 aromatic carbocycles. The van der Waals surface area contributed by atoms with Crippen molar-refractivity contribution < 1.29 is 9.26 Å². The van der Waals surface area contributed by atoms with Gasteiger partial charge in [0.2, 0.25) is 0 Å². The second kappa shape index (κ2) is 6.00. The van der Waals surface area contributed by atoms with Crippen LogP contribution in [0.25, 0.3) is 5.65 Å². The van der Waals surface area contributed by atoms with E-state index in [1.54, 1.807) is 13.2 Å². The average Bonchev–Trinajstić information content (AvgIpc) is 3.12. The van der Waals surface area contributed by atoms with Gasteiger partial charge in [0.1, 0.15) is 23.1 Å². The Balaban J connectivity index is 1.81. The van der Waals surface area contributed by atoms with Crippen LogP contribution in [0.2, 0.25) is 0 Å². The topological polar surface area (TPSA) is 122 Å². The average molecular weight is 318 g/mol. The number of fused-ring (bicyclic) bond motifs is 1. The second-order valence-electron chi connectivity index (χ2n) is 4.26. The number of methoxy groups -OCH3 is 1. The Hall–Kier alpha value is -2.64. The Morgan fingerprint density at radius 1 is 1.59 bits per heavy atom. The molecule has 0 spiro atoms. The molecule has 1 N–H and O–H groups in total. The summed E-state index contributed by atoms with van der Waals surface area (Å²) in [5.41, 5.74) is 0.714. The van der Waals surface area contributed by atoms with Crippen molar-refractivity contribution in [2.75, 3.05) is 7.11 Å². The van der Waals surface area contributed by atoms with Crippen molar-refractivity contribution in [3.05, 3.63) is 39.8 Å². The first-order valence-corrected chi connectivity index (χ1v) is 7.14. The summed E-state index contributed by atoms with van der Waals surface area (Å²) in [6.07, 6.45) is 1.31. The van der Waals surface area contributed by atoms with Crippen molar-refractivity contribution in [1.82, 2.24) is 24.7 Å². The van der Waals surface area contributed by atoms with Crippen molar-refractivity contribution in [2.45, 2.75) is 17.5 Å². The predicted octanol–water partition coefficient (Wildman–Crippen LogP) is 0.716. The number of rotatable bonds is 5. The van der Waals surface area contributed by atoms with Crippen molar-refractivity contribution in [1.29, 1.82) is 5.26 Å². The van der Waals surface area contributed by atoms with Gasteiger partial charge in [-0.05, 0) is 0 Å². The minimum Gasteiger partial charge on any atom is -0.378 e. The maximum atomic E-state index is 11.9. The zero-order valence-corrected chi connectivity index (χ0v) is 12.3. The van der Waals surface area contributed by atoms with E-state index in [1.807, 2.05) is 6.07 Å². The molecule has 3 aromatic heterocycles. The molecule has 0 unspecified atom stereocenters. The molecule has 0 atom stereocenters. The molecule has 112 valence electrons. The molecule has 22 heavy (non-hydrogen) atoms. The summed E-state index contributed by atoms with van der Waals surface area (Å²) in [4.78, 5) is 18.7. The Kier molecular flexibility index (Phi) is 3.90. The summed E-state index contributed by atoms with van der Waals surface area (Å²) in [7, 11) is 1.57. The van der Waals surface area contributed by atoms with Gasteiger partial charge in [0.15, 0.2) is 10.8 Å². The van der Waals surface area contributed by atoms with Crippen LogP contribution >= 0.6 is 11.8 Å². The Morgan fingerprint density at radius 3 is 3.23 bits per heavy atom. The molecule has 3 rings (SSSR count). The van der Waals surface area contributed by atoms with Crippen molar-refractivity contribution in [2.24, 2.45) is 0 Å². The summed E-state index contributed by atoms with van der Waals surface area (Å²) in [6, 6.07) is 3.72. The van der Waals surface area contributed by atoms with Gasteiger partial charge >= 0.3 is 5.69 Å². The third-order valence-corrected chi connectivity index (χ3v) is 3.62. The van der Waals surface area contributed by atoms with Crippen molar-refractivity contribution >= 4 is 17.4 Å². The maximum absolute atomic E-state index is 11.9. The van der Waals surface area contributed by atoms with E-state index in [0.717, 1.165) is 4.52 Å². The molecule has 0 amide bonds. The fraction of sp³-hybridized carbons (Fsp3) is 0.250. The molecule has 0 aliphatic carbocycles. The van der Waals surface area contributed by atoms with Gasteiger partial charge in [-0.15, -0.1) is 0 Å². The van der Waals surface area contributed by atoms with Crippen LogP contribution in [0.3, 0.4) is 0 Å². The first-order valence-electron chi connectivity index (χ1n) is 6.15. The summed E-state index contributed by atoms with van der Waals surface area (Å²) in [5.74, 6) is 1.07. The van der Waals surface area contributed by atoms with Crippen LogP contribution < -0.4 is 5.69 Å². The predicted molar refractivity (Wildman–Crippen MR) is 75.1 cm³/mol. The highest BCUT2D eigenvalue weighted by Crippen LogP contribution is 2.20. The SMILES string of the molecule is COCc1cc(CSc2nc3c(C#N)cnn3c(=O)[nH]2)on1. The molecule has 0 fully saturated rings. The van der Waals surface area contributed by atoms with Crippen LogP contribution in [0.4, 0.5) is 0 Å². The number of nitriles is 1. The maximum Gasteiger partial charge on any atom is 0.350 e. The normalized spacial score (nSPS) is 10.9. The number of thioether (sulfide) groups is 1. The van der Waals surface area contributed by atoms with Crippen molar-refractivity contribution in [3.8, 4) is 6.07 Å². The van der Waals surface area contributed by atoms with Gasteiger partial charge in [0.25, 0.3) is 0 Å². The lowest BCUT2D eigenvalue weighted by molar-refractivity contribution is 0.177. The van der Waals surface area contributed by atoms with Crippen LogP contribution in [0.15, 0.2) is 26.7 Å². The van der Waals surface area contributed by atoms with E-state index >= 15 is 0 Å². The van der Waals surface area contributed by atoms with Gasteiger partial charge in [-0.3, -0.25) is 4.98 Å². The van der Waals surface area contributed by atoms with Gasteiger partial charge in [-0.25, -0.2) is 9.78 Å². The van der Waals surface area contributed by atoms with Gasteiger partial charge in [0, 0.05) is 13.2 Å². The van der Waals surface area contributed by atoms with Gasteiger partial charge in [-0.1, -0.05) is 16.9 Å². The molecule has 0 saturated heterocycles. The molecule has 0 radical (unpaired) electrons. The van der Waals surface area contributed by atoms with Gasteiger partial charge < -0.3 is 9.26 Å². The monoisotopic (exact) mass is 318 g/mol. The minimum atomic E-state index is -0.452. The minimum absolute atomic E-state index is 0.228.